The number of pyridine rings is 1. The topological polar surface area (TPSA) is 109 Å². The number of hydrogen-bond donors (Lipinski definition) is 2. The second-order valence-corrected chi connectivity index (χ2v) is 3.11. The molecule has 0 amide bonds. The van der Waals surface area contributed by atoms with Gasteiger partial charge in [-0.15, -0.1) is 13.2 Å². The van der Waals surface area contributed by atoms with Crippen LogP contribution in [-0.4, -0.2) is 22.4 Å². The average Bonchev–Trinajstić information content (AvgIpc) is 2.19. The molecule has 0 radical (unpaired) electrons. The molecule has 0 saturated carbocycles. The lowest BCUT2D eigenvalue weighted by atomic mass is 10.2. The van der Waals surface area contributed by atoms with Gasteiger partial charge in [0.25, 0.3) is 0 Å². The highest BCUT2D eigenvalue weighted by Gasteiger charge is 2.33. The van der Waals surface area contributed by atoms with Crippen LogP contribution in [0.4, 0.5) is 18.9 Å². The van der Waals surface area contributed by atoms with Crippen molar-refractivity contribution in [3.8, 4) is 11.9 Å². The van der Waals surface area contributed by atoms with Gasteiger partial charge in [0.1, 0.15) is 11.6 Å². The van der Waals surface area contributed by atoms with Gasteiger partial charge in [-0.1, -0.05) is 0 Å². The highest BCUT2D eigenvalue weighted by Crippen LogP contribution is 2.27. The van der Waals surface area contributed by atoms with Gasteiger partial charge in [0.05, 0.1) is 17.8 Å². The molecule has 1 rings (SSSR count). The first kappa shape index (κ1) is 13.6. The van der Waals surface area contributed by atoms with Gasteiger partial charge < -0.3 is 15.6 Å². The van der Waals surface area contributed by atoms with Gasteiger partial charge in [0.2, 0.25) is 5.88 Å². The number of carboxylic acid groups (broad SMARTS) is 1. The van der Waals surface area contributed by atoms with Gasteiger partial charge in [0.15, 0.2) is 0 Å². The van der Waals surface area contributed by atoms with Crippen molar-refractivity contribution in [1.29, 1.82) is 5.26 Å². The van der Waals surface area contributed by atoms with E-state index in [-0.39, 0.29) is 11.4 Å². The Morgan fingerprint density at radius 3 is 2.67 bits per heavy atom. The molecule has 96 valence electrons. The number of hydrogen-bond acceptors (Lipinski definition) is 5. The van der Waals surface area contributed by atoms with Crippen LogP contribution < -0.4 is 10.5 Å². The molecule has 6 nitrogen and oxygen atoms in total. The van der Waals surface area contributed by atoms with Crippen molar-refractivity contribution in [3.63, 3.8) is 0 Å². The molecule has 0 aliphatic heterocycles. The van der Waals surface area contributed by atoms with Crippen molar-refractivity contribution >= 4 is 11.7 Å². The lowest BCUT2D eigenvalue weighted by Gasteiger charge is -2.11. The summed E-state index contributed by atoms with van der Waals surface area (Å²) in [4.78, 5) is 13.7. The molecule has 0 aromatic carbocycles. The second-order valence-electron chi connectivity index (χ2n) is 3.11. The highest BCUT2D eigenvalue weighted by molar-refractivity contribution is 5.72. The molecule has 18 heavy (non-hydrogen) atoms. The maximum atomic E-state index is 12.0. The summed E-state index contributed by atoms with van der Waals surface area (Å²) in [5, 5.41) is 17.1. The summed E-state index contributed by atoms with van der Waals surface area (Å²) in [5.41, 5.74) is 4.34. The third-order valence-electron chi connectivity index (χ3n) is 1.75. The molecule has 0 bridgehead atoms. The van der Waals surface area contributed by atoms with Crippen LogP contribution in [0.5, 0.6) is 5.88 Å². The fourth-order valence-electron chi connectivity index (χ4n) is 1.10. The Kier molecular flexibility index (Phi) is 3.61. The van der Waals surface area contributed by atoms with Gasteiger partial charge in [-0.3, -0.25) is 4.79 Å². The van der Waals surface area contributed by atoms with E-state index in [9.17, 15) is 18.0 Å². The number of nitriles is 1. The molecule has 0 fully saturated rings. The first-order valence-corrected chi connectivity index (χ1v) is 4.40. The molecule has 0 atom stereocenters. The molecule has 9 heteroatoms. The molecule has 0 aliphatic carbocycles. The van der Waals surface area contributed by atoms with Crippen LogP contribution in [0, 0.1) is 11.3 Å². The van der Waals surface area contributed by atoms with Gasteiger partial charge in [-0.2, -0.15) is 5.26 Å². The Morgan fingerprint density at radius 1 is 1.61 bits per heavy atom. The van der Waals surface area contributed by atoms with Crippen molar-refractivity contribution in [2.24, 2.45) is 0 Å². The van der Waals surface area contributed by atoms with E-state index in [1.807, 2.05) is 0 Å². The van der Waals surface area contributed by atoms with E-state index in [1.54, 1.807) is 0 Å². The normalized spacial score (nSPS) is 10.8. The molecular weight excluding hydrogens is 255 g/mol. The van der Waals surface area contributed by atoms with E-state index < -0.39 is 30.2 Å². The van der Waals surface area contributed by atoms with Gasteiger partial charge >= 0.3 is 12.3 Å². The number of anilines is 1. The lowest BCUT2D eigenvalue weighted by Crippen LogP contribution is -2.20. The van der Waals surface area contributed by atoms with Crippen LogP contribution in [0.25, 0.3) is 0 Å². The summed E-state index contributed by atoms with van der Waals surface area (Å²) in [6.45, 7) is 0. The number of nitrogens with two attached hydrogens (primary N) is 1. The molecule has 1 heterocycles. The zero-order valence-electron chi connectivity index (χ0n) is 8.65. The molecule has 0 aliphatic rings. The third kappa shape index (κ3) is 3.51. The number of aromatic nitrogens is 1. The summed E-state index contributed by atoms with van der Waals surface area (Å²) in [5.74, 6) is -2.34. The molecular formula is C9H6F3N3O3. The summed E-state index contributed by atoms with van der Waals surface area (Å²) in [7, 11) is 0. The predicted octanol–water partition coefficient (Wildman–Crippen LogP) is 1.06. The number of nitrogens with zero attached hydrogens (tertiary/aromatic N) is 2. The van der Waals surface area contributed by atoms with E-state index in [0.717, 1.165) is 6.07 Å². The minimum atomic E-state index is -5.03. The van der Waals surface area contributed by atoms with E-state index in [1.165, 1.54) is 6.07 Å². The monoisotopic (exact) mass is 261 g/mol. The van der Waals surface area contributed by atoms with Crippen LogP contribution in [0.3, 0.4) is 0 Å². The van der Waals surface area contributed by atoms with Gasteiger partial charge in [0, 0.05) is 0 Å². The summed E-state index contributed by atoms with van der Waals surface area (Å²) < 4.78 is 39.6. The quantitative estimate of drug-likeness (QED) is 0.841. The number of carbonyl (C=O) groups is 1. The molecule has 0 spiro atoms. The zero-order valence-corrected chi connectivity index (χ0v) is 8.65. The average molecular weight is 261 g/mol. The smallest absolute Gasteiger partial charge is 0.481 e. The molecule has 0 unspecified atom stereocenters. The van der Waals surface area contributed by atoms with E-state index in [2.05, 4.69) is 9.72 Å². The Morgan fingerprint density at radius 2 is 2.22 bits per heavy atom. The lowest BCUT2D eigenvalue weighted by molar-refractivity contribution is -0.276. The summed E-state index contributed by atoms with van der Waals surface area (Å²) >= 11 is 0. The zero-order chi connectivity index (χ0) is 13.9. The van der Waals surface area contributed by atoms with Crippen LogP contribution >= 0.6 is 0 Å². The molecule has 3 N–H and O–H groups in total. The van der Waals surface area contributed by atoms with Crippen molar-refractivity contribution in [2.45, 2.75) is 12.8 Å². The van der Waals surface area contributed by atoms with Crippen LogP contribution in [0.2, 0.25) is 0 Å². The molecule has 1 aromatic heterocycles. The summed E-state index contributed by atoms with van der Waals surface area (Å²) in [6, 6.07) is 2.31. The first-order valence-electron chi connectivity index (χ1n) is 4.40. The number of halogens is 3. The minimum absolute atomic E-state index is 0.191. The maximum Gasteiger partial charge on any atom is 0.574 e. The standard InChI is InChI=1S/C9H6F3N3O3/c10-9(11,12)18-8-4(3-13)1-5(14)6(15-8)2-7(16)17/h1H,2,14H2,(H,16,17). The van der Waals surface area contributed by atoms with Gasteiger partial charge in [-0.25, -0.2) is 4.98 Å². The van der Waals surface area contributed by atoms with Crippen LogP contribution in [-0.2, 0) is 11.2 Å². The van der Waals surface area contributed by atoms with Crippen molar-refractivity contribution in [1.82, 2.24) is 4.98 Å². The number of alkyl halides is 3. The van der Waals surface area contributed by atoms with E-state index >= 15 is 0 Å². The van der Waals surface area contributed by atoms with Crippen molar-refractivity contribution in [2.75, 3.05) is 5.73 Å². The molecule has 0 saturated heterocycles. The molecule has 1 aromatic rings. The fraction of sp³-hybridized carbons (Fsp3) is 0.222. The Labute approximate surface area is 98.4 Å². The van der Waals surface area contributed by atoms with Crippen LogP contribution in [0.1, 0.15) is 11.3 Å². The predicted molar refractivity (Wildman–Crippen MR) is 51.4 cm³/mol. The summed E-state index contributed by atoms with van der Waals surface area (Å²) in [6.07, 6.45) is -5.71. The van der Waals surface area contributed by atoms with Crippen molar-refractivity contribution in [3.05, 3.63) is 17.3 Å². The van der Waals surface area contributed by atoms with Gasteiger partial charge in [-0.05, 0) is 6.07 Å². The van der Waals surface area contributed by atoms with Crippen LogP contribution in [0.15, 0.2) is 6.07 Å². The maximum absolute atomic E-state index is 12.0. The largest absolute Gasteiger partial charge is 0.574 e. The number of nitrogen functional groups attached to an aromatic ring is 1. The number of rotatable bonds is 3. The van der Waals surface area contributed by atoms with E-state index in [4.69, 9.17) is 16.1 Å². The highest BCUT2D eigenvalue weighted by atomic mass is 19.4. The minimum Gasteiger partial charge on any atom is -0.481 e. The Hall–Kier alpha value is -2.50. The Balaban J connectivity index is 3.23. The third-order valence-corrected chi connectivity index (χ3v) is 1.75. The second kappa shape index (κ2) is 4.79. The van der Waals surface area contributed by atoms with Crippen molar-refractivity contribution < 1.29 is 27.8 Å². The first-order chi connectivity index (χ1) is 8.23. The fourth-order valence-corrected chi connectivity index (χ4v) is 1.10. The SMILES string of the molecule is N#Cc1cc(N)c(CC(=O)O)nc1OC(F)(F)F. The number of aliphatic carboxylic acids is 1. The Bertz CT molecular complexity index is 522. The van der Waals surface area contributed by atoms with E-state index in [0.29, 0.717) is 0 Å². The number of carboxylic acids is 1. The number of ether oxygens (including phenoxy) is 1.